The molecule has 14 heteroatoms. The quantitative estimate of drug-likeness (QED) is 0.0230. The second-order valence-corrected chi connectivity index (χ2v) is 17.2. The average molecular weight is 840 g/mol. The molecule has 3 aromatic rings. The van der Waals surface area contributed by atoms with Gasteiger partial charge in [-0.2, -0.15) is 11.8 Å². The minimum Gasteiger partial charge on any atom is -0.480 e. The van der Waals surface area contributed by atoms with Crippen molar-refractivity contribution in [2.24, 2.45) is 11.3 Å². The van der Waals surface area contributed by atoms with Crippen LogP contribution in [0.3, 0.4) is 0 Å². The Balaban J connectivity index is 1.13. The Morgan fingerprint density at radius 2 is 1.43 bits per heavy atom. The van der Waals surface area contributed by atoms with E-state index in [9.17, 15) is 33.9 Å². The Morgan fingerprint density at radius 1 is 0.850 bits per heavy atom. The molecule has 2 atom stereocenters. The van der Waals surface area contributed by atoms with Gasteiger partial charge in [-0.3, -0.25) is 9.59 Å². The Hall–Kier alpha value is -5.89. The van der Waals surface area contributed by atoms with Crippen molar-refractivity contribution in [3.8, 4) is 11.1 Å². The maximum atomic E-state index is 13.3. The number of amides is 2. The molecular weight excluding hydrogens is 787 g/mol. The fraction of sp³-hybridized carbons (Fsp3) is 0.391. The highest BCUT2D eigenvalue weighted by atomic mass is 32.2. The molecule has 2 amide bonds. The van der Waals surface area contributed by atoms with Gasteiger partial charge < -0.3 is 35.3 Å². The number of alkyl carbamates (subject to hydrolysis) is 2. The van der Waals surface area contributed by atoms with E-state index >= 15 is 0 Å². The summed E-state index contributed by atoms with van der Waals surface area (Å²) in [5, 5.41) is 18.1. The molecule has 0 aromatic heterocycles. The van der Waals surface area contributed by atoms with Crippen molar-refractivity contribution >= 4 is 53.1 Å². The molecule has 4 N–H and O–H groups in total. The molecule has 5 rings (SSSR count). The van der Waals surface area contributed by atoms with E-state index in [2.05, 4.69) is 22.5 Å². The number of benzene rings is 3. The predicted molar refractivity (Wildman–Crippen MR) is 229 cm³/mol. The minimum atomic E-state index is -1.27. The van der Waals surface area contributed by atoms with Crippen LogP contribution in [0, 0.1) is 11.3 Å². The van der Waals surface area contributed by atoms with Gasteiger partial charge in [-0.15, -0.1) is 0 Å². The molecule has 2 aliphatic carbocycles. The number of anilines is 1. The lowest BCUT2D eigenvalue weighted by Crippen LogP contribution is -2.44. The van der Waals surface area contributed by atoms with Crippen molar-refractivity contribution in [3.63, 3.8) is 0 Å². The molecule has 3 aromatic carbocycles. The number of aliphatic carboxylic acids is 1. The van der Waals surface area contributed by atoms with Crippen LogP contribution in [0.25, 0.3) is 11.1 Å². The molecule has 0 bridgehead atoms. The number of ether oxygens (including phenoxy) is 3. The number of hydrogen-bond donors (Lipinski definition) is 4. The number of Topliss-reactive ketones (excluding diaryl/α,β-unsaturated/α-hetero) is 2. The van der Waals surface area contributed by atoms with Crippen molar-refractivity contribution in [1.82, 2.24) is 10.6 Å². The summed E-state index contributed by atoms with van der Waals surface area (Å²) < 4.78 is 16.1. The third-order valence-electron chi connectivity index (χ3n) is 10.1. The Labute approximate surface area is 354 Å². The van der Waals surface area contributed by atoms with E-state index in [0.29, 0.717) is 36.2 Å². The third-order valence-corrected chi connectivity index (χ3v) is 11.2. The number of carbonyl (C=O) groups is 6. The van der Waals surface area contributed by atoms with Gasteiger partial charge in [0, 0.05) is 35.9 Å². The number of esters is 1. The van der Waals surface area contributed by atoms with E-state index in [1.165, 1.54) is 17.8 Å². The number of carboxylic acids is 1. The third kappa shape index (κ3) is 12.3. The van der Waals surface area contributed by atoms with Crippen molar-refractivity contribution in [1.29, 1.82) is 0 Å². The van der Waals surface area contributed by atoms with Crippen molar-refractivity contribution in [2.45, 2.75) is 78.0 Å². The van der Waals surface area contributed by atoms with E-state index in [-0.39, 0.29) is 72.1 Å². The lowest BCUT2D eigenvalue weighted by atomic mass is 9.73. The van der Waals surface area contributed by atoms with Gasteiger partial charge in [0.05, 0.1) is 5.57 Å². The van der Waals surface area contributed by atoms with Crippen LogP contribution in [0.4, 0.5) is 15.3 Å². The molecule has 0 saturated heterocycles. The second-order valence-electron chi connectivity index (χ2n) is 16.1. The molecule has 0 radical (unpaired) electrons. The largest absolute Gasteiger partial charge is 0.480 e. The van der Waals surface area contributed by atoms with E-state index in [0.717, 1.165) is 22.3 Å². The lowest BCUT2D eigenvalue weighted by Gasteiger charge is -2.30. The normalized spacial score (nSPS) is 15.2. The molecule has 1 saturated carbocycles. The molecule has 0 aliphatic heterocycles. The standard InChI is InChI=1S/C46H53N3O10S/c1-6-20-57-44(55)49-38(43(54)58-25-29-15-17-30(18-16-29)47-37(22-28(2)3)41-39(50)23-46(4,5)24-40(41)51)27-60-21-19-36(42(52)53)48-45(56)59-26-35-33-13-9-7-11-31(33)32-12-8-10-14-34(32)35/h6-18,28,35-36,38,47H,1,19-27H2,2-5H3,(H,48,56)(H,49,55)(H,52,53)/t36-,38-/m0/s1. The summed E-state index contributed by atoms with van der Waals surface area (Å²) in [6, 6.07) is 20.4. The van der Waals surface area contributed by atoms with Gasteiger partial charge in [0.1, 0.15) is 31.9 Å². The van der Waals surface area contributed by atoms with Crippen LogP contribution in [0.1, 0.15) is 76.0 Å². The monoisotopic (exact) mass is 839 g/mol. The molecule has 318 valence electrons. The summed E-state index contributed by atoms with van der Waals surface area (Å²) in [4.78, 5) is 76.7. The maximum absolute atomic E-state index is 13.3. The van der Waals surface area contributed by atoms with Crippen LogP contribution < -0.4 is 16.0 Å². The fourth-order valence-corrected chi connectivity index (χ4v) is 8.29. The number of ketones is 2. The van der Waals surface area contributed by atoms with Crippen molar-refractivity contribution in [2.75, 3.05) is 30.0 Å². The average Bonchev–Trinajstić information content (AvgIpc) is 3.51. The number of thioether (sulfide) groups is 1. The highest BCUT2D eigenvalue weighted by Crippen LogP contribution is 2.44. The van der Waals surface area contributed by atoms with E-state index in [1.807, 2.05) is 76.2 Å². The summed E-state index contributed by atoms with van der Waals surface area (Å²) in [5.74, 6) is -2.10. The number of hydrogen-bond acceptors (Lipinski definition) is 11. The first-order valence-electron chi connectivity index (χ1n) is 19.9. The van der Waals surface area contributed by atoms with E-state index < -0.39 is 36.2 Å². The first-order chi connectivity index (χ1) is 28.6. The van der Waals surface area contributed by atoms with Gasteiger partial charge in [-0.1, -0.05) is 101 Å². The topological polar surface area (TPSA) is 186 Å². The van der Waals surface area contributed by atoms with Crippen LogP contribution in [0.15, 0.2) is 96.7 Å². The van der Waals surface area contributed by atoms with Gasteiger partial charge in [-0.05, 0) is 69.9 Å². The fourth-order valence-electron chi connectivity index (χ4n) is 7.27. The van der Waals surface area contributed by atoms with Crippen molar-refractivity contribution in [3.05, 3.63) is 113 Å². The van der Waals surface area contributed by atoms with Crippen molar-refractivity contribution < 1.29 is 48.1 Å². The van der Waals surface area contributed by atoms with Gasteiger partial charge >= 0.3 is 24.1 Å². The minimum absolute atomic E-state index is 0.00310. The first kappa shape index (κ1) is 45.2. The zero-order valence-corrected chi connectivity index (χ0v) is 35.2. The molecule has 0 heterocycles. The number of fused-ring (bicyclic) bond motifs is 3. The molecular formula is C46H53N3O10S. The second kappa shape index (κ2) is 20.9. The molecule has 60 heavy (non-hydrogen) atoms. The number of nitrogens with one attached hydrogen (secondary N) is 3. The first-order valence-corrected chi connectivity index (χ1v) is 21.1. The van der Waals surface area contributed by atoms with Crippen LogP contribution >= 0.6 is 11.8 Å². The SMILES string of the molecule is C=CCOC(=O)N[C@@H](CSCC[C@H](NC(=O)OCC1c2ccccc2-c2ccccc21)C(=O)O)C(=O)OCc1ccc(NC(CC(C)C)=C2C(=O)CC(C)(C)CC2=O)cc1. The number of allylic oxidation sites excluding steroid dienone is 2. The number of rotatable bonds is 19. The highest BCUT2D eigenvalue weighted by molar-refractivity contribution is 7.99. The Kier molecular flexibility index (Phi) is 15.7. The maximum Gasteiger partial charge on any atom is 0.408 e. The summed E-state index contributed by atoms with van der Waals surface area (Å²) in [6.07, 6.45) is 0.764. The van der Waals surface area contributed by atoms with E-state index in [1.54, 1.807) is 24.3 Å². The van der Waals surface area contributed by atoms with Crippen LogP contribution in [0.5, 0.6) is 0 Å². The number of carbonyl (C=O) groups excluding carboxylic acids is 5. The highest BCUT2D eigenvalue weighted by Gasteiger charge is 2.37. The Bertz CT molecular complexity index is 2040. The van der Waals surface area contributed by atoms with E-state index in [4.69, 9.17) is 14.2 Å². The number of carboxylic acid groups (broad SMARTS) is 1. The van der Waals surface area contributed by atoms with Gasteiger partial charge in [-0.25, -0.2) is 19.2 Å². The summed E-state index contributed by atoms with van der Waals surface area (Å²) in [6.45, 7) is 11.2. The molecule has 2 aliphatic rings. The predicted octanol–water partition coefficient (Wildman–Crippen LogP) is 7.80. The van der Waals surface area contributed by atoms with Crippen LogP contribution in [-0.4, -0.2) is 77.6 Å². The lowest BCUT2D eigenvalue weighted by molar-refractivity contribution is -0.146. The van der Waals surface area contributed by atoms with Crippen LogP contribution in [0.2, 0.25) is 0 Å². The zero-order valence-electron chi connectivity index (χ0n) is 34.4. The summed E-state index contributed by atoms with van der Waals surface area (Å²) >= 11 is 1.18. The smallest absolute Gasteiger partial charge is 0.408 e. The molecule has 0 spiro atoms. The molecule has 0 unspecified atom stereocenters. The molecule has 13 nitrogen and oxygen atoms in total. The van der Waals surface area contributed by atoms with Crippen LogP contribution in [-0.2, 0) is 40.0 Å². The van der Waals surface area contributed by atoms with Gasteiger partial charge in [0.2, 0.25) is 0 Å². The Morgan fingerprint density at radius 3 is 2.02 bits per heavy atom. The zero-order chi connectivity index (χ0) is 43.4. The summed E-state index contributed by atoms with van der Waals surface area (Å²) in [7, 11) is 0. The van der Waals surface area contributed by atoms with Gasteiger partial charge in [0.25, 0.3) is 0 Å². The molecule has 1 fully saturated rings. The summed E-state index contributed by atoms with van der Waals surface area (Å²) in [5.41, 5.74) is 5.94. The van der Waals surface area contributed by atoms with Gasteiger partial charge in [0.15, 0.2) is 11.6 Å².